The van der Waals surface area contributed by atoms with E-state index in [2.05, 4.69) is 10.3 Å². The number of halogens is 3. The van der Waals surface area contributed by atoms with Crippen LogP contribution in [0.2, 0.25) is 0 Å². The van der Waals surface area contributed by atoms with Gasteiger partial charge in [0, 0.05) is 24.5 Å². The zero-order valence-corrected chi connectivity index (χ0v) is 11.3. The third kappa shape index (κ3) is 4.47. The van der Waals surface area contributed by atoms with E-state index in [-0.39, 0.29) is 12.1 Å². The highest BCUT2D eigenvalue weighted by atomic mass is 19.4. The lowest BCUT2D eigenvalue weighted by Crippen LogP contribution is -2.38. The number of aliphatic hydroxyl groups is 1. The summed E-state index contributed by atoms with van der Waals surface area (Å²) in [5.41, 5.74) is -2.67. The number of rotatable bonds is 5. The monoisotopic (exact) mass is 276 g/mol. The number of pyridine rings is 1. The molecule has 0 radical (unpaired) electrons. The lowest BCUT2D eigenvalue weighted by molar-refractivity contribution is -0.140. The Bertz CT molecular complexity index is 417. The lowest BCUT2D eigenvalue weighted by Gasteiger charge is -2.27. The number of nitrogens with one attached hydrogen (secondary N) is 1. The molecule has 0 aliphatic rings. The second-order valence-corrected chi connectivity index (χ2v) is 5.22. The van der Waals surface area contributed by atoms with Crippen LogP contribution >= 0.6 is 0 Å². The van der Waals surface area contributed by atoms with Crippen molar-refractivity contribution < 1.29 is 18.3 Å². The van der Waals surface area contributed by atoms with Crippen molar-refractivity contribution in [1.29, 1.82) is 0 Å². The second-order valence-electron chi connectivity index (χ2n) is 5.22. The molecule has 1 rings (SSSR count). The molecule has 2 N–H and O–H groups in total. The molecule has 1 aromatic heterocycles. The standard InChI is InChI=1S/C13H19F3N2O/c1-9(2)6-18-8-12(3,19)11-7-17-5-4-10(11)13(14,15)16/h4-5,7,9,18-19H,6,8H2,1-3H3. The van der Waals surface area contributed by atoms with E-state index in [0.717, 1.165) is 18.5 Å². The molecule has 0 spiro atoms. The minimum absolute atomic E-state index is 0.0416. The van der Waals surface area contributed by atoms with Crippen molar-refractivity contribution in [1.82, 2.24) is 10.3 Å². The Hall–Kier alpha value is -1.14. The number of hydrogen-bond donors (Lipinski definition) is 2. The maximum atomic E-state index is 12.9. The van der Waals surface area contributed by atoms with E-state index >= 15 is 0 Å². The molecule has 0 fully saturated rings. The zero-order valence-electron chi connectivity index (χ0n) is 11.3. The van der Waals surface area contributed by atoms with Crippen LogP contribution in [0.4, 0.5) is 13.2 Å². The lowest BCUT2D eigenvalue weighted by atomic mass is 9.92. The van der Waals surface area contributed by atoms with Crippen molar-refractivity contribution in [3.05, 3.63) is 29.6 Å². The number of alkyl halides is 3. The van der Waals surface area contributed by atoms with Crippen LogP contribution < -0.4 is 5.32 Å². The quantitative estimate of drug-likeness (QED) is 0.868. The van der Waals surface area contributed by atoms with E-state index in [1.165, 1.54) is 6.92 Å². The Labute approximate surface area is 110 Å². The van der Waals surface area contributed by atoms with Crippen LogP contribution in [-0.2, 0) is 11.8 Å². The van der Waals surface area contributed by atoms with Crippen molar-refractivity contribution in [3.8, 4) is 0 Å². The van der Waals surface area contributed by atoms with Gasteiger partial charge in [0.25, 0.3) is 0 Å². The molecule has 1 unspecified atom stereocenters. The van der Waals surface area contributed by atoms with Gasteiger partial charge in [0.15, 0.2) is 0 Å². The van der Waals surface area contributed by atoms with Gasteiger partial charge in [0.1, 0.15) is 5.60 Å². The van der Waals surface area contributed by atoms with E-state index < -0.39 is 17.3 Å². The molecule has 0 saturated carbocycles. The van der Waals surface area contributed by atoms with Crippen LogP contribution in [0.15, 0.2) is 18.5 Å². The minimum atomic E-state index is -4.50. The molecule has 0 aromatic carbocycles. The van der Waals surface area contributed by atoms with Gasteiger partial charge in [-0.25, -0.2) is 0 Å². The van der Waals surface area contributed by atoms with Crippen LogP contribution in [0.1, 0.15) is 31.9 Å². The number of aromatic nitrogens is 1. The summed E-state index contributed by atoms with van der Waals surface area (Å²) in [7, 11) is 0. The van der Waals surface area contributed by atoms with Gasteiger partial charge in [0.2, 0.25) is 0 Å². The highest BCUT2D eigenvalue weighted by Gasteiger charge is 2.38. The molecule has 108 valence electrons. The fraction of sp³-hybridized carbons (Fsp3) is 0.615. The highest BCUT2D eigenvalue weighted by Crippen LogP contribution is 2.35. The molecule has 0 aliphatic carbocycles. The molecule has 0 amide bonds. The fourth-order valence-corrected chi connectivity index (χ4v) is 1.77. The van der Waals surface area contributed by atoms with Gasteiger partial charge in [-0.2, -0.15) is 13.2 Å². The topological polar surface area (TPSA) is 45.1 Å². The molecule has 3 nitrogen and oxygen atoms in total. The van der Waals surface area contributed by atoms with Gasteiger partial charge in [-0.15, -0.1) is 0 Å². The average Bonchev–Trinajstić information content (AvgIpc) is 2.27. The molecule has 1 atom stereocenters. The summed E-state index contributed by atoms with van der Waals surface area (Å²) in [4.78, 5) is 3.68. The van der Waals surface area contributed by atoms with Crippen LogP contribution in [0, 0.1) is 5.92 Å². The van der Waals surface area contributed by atoms with E-state index in [1.807, 2.05) is 13.8 Å². The first kappa shape index (κ1) is 15.9. The normalized spacial score (nSPS) is 15.6. The van der Waals surface area contributed by atoms with Gasteiger partial charge in [-0.3, -0.25) is 4.98 Å². The highest BCUT2D eigenvalue weighted by molar-refractivity contribution is 5.31. The number of nitrogens with zero attached hydrogens (tertiary/aromatic N) is 1. The Balaban J connectivity index is 2.94. The van der Waals surface area contributed by atoms with Gasteiger partial charge < -0.3 is 10.4 Å². The van der Waals surface area contributed by atoms with Crippen molar-refractivity contribution in [2.45, 2.75) is 32.5 Å². The average molecular weight is 276 g/mol. The van der Waals surface area contributed by atoms with Crippen molar-refractivity contribution in [2.24, 2.45) is 5.92 Å². The fourth-order valence-electron chi connectivity index (χ4n) is 1.77. The third-order valence-corrected chi connectivity index (χ3v) is 2.73. The Morgan fingerprint density at radius 1 is 1.32 bits per heavy atom. The minimum Gasteiger partial charge on any atom is -0.384 e. The first-order chi connectivity index (χ1) is 8.64. The van der Waals surface area contributed by atoms with Crippen molar-refractivity contribution >= 4 is 0 Å². The van der Waals surface area contributed by atoms with Gasteiger partial charge >= 0.3 is 6.18 Å². The molecule has 0 aliphatic heterocycles. The van der Waals surface area contributed by atoms with Crippen molar-refractivity contribution in [2.75, 3.05) is 13.1 Å². The molecular formula is C13H19F3N2O. The maximum absolute atomic E-state index is 12.9. The van der Waals surface area contributed by atoms with E-state index in [0.29, 0.717) is 12.5 Å². The third-order valence-electron chi connectivity index (χ3n) is 2.73. The van der Waals surface area contributed by atoms with E-state index in [9.17, 15) is 18.3 Å². The number of hydrogen-bond acceptors (Lipinski definition) is 3. The van der Waals surface area contributed by atoms with Crippen LogP contribution in [-0.4, -0.2) is 23.2 Å². The summed E-state index contributed by atoms with van der Waals surface area (Å²) < 4.78 is 38.6. The molecule has 1 heterocycles. The van der Waals surface area contributed by atoms with Gasteiger partial charge in [-0.1, -0.05) is 13.8 Å². The smallest absolute Gasteiger partial charge is 0.384 e. The molecule has 0 bridgehead atoms. The molecule has 19 heavy (non-hydrogen) atoms. The van der Waals surface area contributed by atoms with Crippen LogP contribution in [0.5, 0.6) is 0 Å². The largest absolute Gasteiger partial charge is 0.416 e. The van der Waals surface area contributed by atoms with Crippen LogP contribution in [0.25, 0.3) is 0 Å². The Kier molecular flexibility index (Phi) is 4.92. The molecule has 6 heteroatoms. The summed E-state index contributed by atoms with van der Waals surface area (Å²) >= 11 is 0. The summed E-state index contributed by atoms with van der Waals surface area (Å²) in [6, 6.07) is 0.881. The second kappa shape index (κ2) is 5.88. The summed E-state index contributed by atoms with van der Waals surface area (Å²) in [6.07, 6.45) is -2.36. The molecule has 0 saturated heterocycles. The molecular weight excluding hydrogens is 257 g/mol. The Morgan fingerprint density at radius 2 is 1.95 bits per heavy atom. The zero-order chi connectivity index (χ0) is 14.7. The maximum Gasteiger partial charge on any atom is 0.416 e. The van der Waals surface area contributed by atoms with E-state index in [4.69, 9.17) is 0 Å². The van der Waals surface area contributed by atoms with E-state index in [1.54, 1.807) is 0 Å². The van der Waals surface area contributed by atoms with Gasteiger partial charge in [0.05, 0.1) is 5.56 Å². The SMILES string of the molecule is CC(C)CNCC(C)(O)c1cnccc1C(F)(F)F. The first-order valence-corrected chi connectivity index (χ1v) is 6.09. The predicted molar refractivity (Wildman–Crippen MR) is 66.5 cm³/mol. The predicted octanol–water partition coefficient (Wildman–Crippen LogP) is 2.55. The van der Waals surface area contributed by atoms with Crippen LogP contribution in [0.3, 0.4) is 0 Å². The van der Waals surface area contributed by atoms with Gasteiger partial charge in [-0.05, 0) is 25.5 Å². The Morgan fingerprint density at radius 3 is 2.47 bits per heavy atom. The summed E-state index contributed by atoms with van der Waals surface area (Å²) in [5.74, 6) is 0.354. The molecule has 1 aromatic rings. The first-order valence-electron chi connectivity index (χ1n) is 6.09. The summed E-state index contributed by atoms with van der Waals surface area (Å²) in [6.45, 7) is 5.98. The summed E-state index contributed by atoms with van der Waals surface area (Å²) in [5, 5.41) is 13.2. The van der Waals surface area contributed by atoms with Crippen molar-refractivity contribution in [3.63, 3.8) is 0 Å².